The van der Waals surface area contributed by atoms with Gasteiger partial charge in [-0.05, 0) is 37.1 Å². The molecule has 0 aliphatic rings. The van der Waals surface area contributed by atoms with Crippen LogP contribution in [0, 0.1) is 6.92 Å². The quantitative estimate of drug-likeness (QED) is 0.865. The summed E-state index contributed by atoms with van der Waals surface area (Å²) in [6, 6.07) is 13.6. The summed E-state index contributed by atoms with van der Waals surface area (Å²) in [5.41, 5.74) is 0.305. The highest BCUT2D eigenvalue weighted by Crippen LogP contribution is 2.27. The highest BCUT2D eigenvalue weighted by atomic mass is 32.2. The number of ether oxygens (including phenoxy) is 1. The molecular formula is C17H20N2O4S. The van der Waals surface area contributed by atoms with Gasteiger partial charge in [0.05, 0.1) is 4.90 Å². The zero-order valence-electron chi connectivity index (χ0n) is 13.7. The molecule has 7 heteroatoms. The van der Waals surface area contributed by atoms with E-state index < -0.39 is 21.5 Å². The number of nitrogens with one attached hydrogen (secondary N) is 1. The number of hydrogen-bond donors (Lipinski definition) is 2. The van der Waals surface area contributed by atoms with Crippen LogP contribution in [-0.4, -0.2) is 21.4 Å². The first-order valence-electron chi connectivity index (χ1n) is 7.24. The van der Waals surface area contributed by atoms with Crippen LogP contribution in [0.1, 0.15) is 18.1 Å². The lowest BCUT2D eigenvalue weighted by molar-refractivity contribution is -0.136. The summed E-state index contributed by atoms with van der Waals surface area (Å²) in [5, 5.41) is 7.88. The largest absolute Gasteiger partial charge is 0.364 e. The molecule has 2 aromatic carbocycles. The Hall–Kier alpha value is -2.22. The molecule has 0 saturated heterocycles. The smallest absolute Gasteiger partial charge is 0.260 e. The van der Waals surface area contributed by atoms with Crippen LogP contribution < -0.4 is 10.5 Å². The van der Waals surface area contributed by atoms with Crippen LogP contribution in [0.15, 0.2) is 53.4 Å². The highest BCUT2D eigenvalue weighted by Gasteiger charge is 2.35. The number of nitrogens with two attached hydrogens (primary N) is 1. The van der Waals surface area contributed by atoms with Gasteiger partial charge in [0.15, 0.2) is 5.60 Å². The molecule has 0 aliphatic heterocycles. The van der Waals surface area contributed by atoms with Crippen LogP contribution in [0.4, 0.5) is 5.69 Å². The maximum Gasteiger partial charge on any atom is 0.260 e. The van der Waals surface area contributed by atoms with Gasteiger partial charge in [0, 0.05) is 12.8 Å². The average Bonchev–Trinajstić information content (AvgIpc) is 2.55. The molecule has 6 nitrogen and oxygen atoms in total. The summed E-state index contributed by atoms with van der Waals surface area (Å²) < 4.78 is 28.6. The van der Waals surface area contributed by atoms with Gasteiger partial charge in [-0.3, -0.25) is 4.79 Å². The molecule has 0 saturated carbocycles. The van der Waals surface area contributed by atoms with Crippen LogP contribution in [0.25, 0.3) is 0 Å². The van der Waals surface area contributed by atoms with Gasteiger partial charge >= 0.3 is 0 Å². The van der Waals surface area contributed by atoms with Crippen LogP contribution in [0.3, 0.4) is 0 Å². The summed E-state index contributed by atoms with van der Waals surface area (Å²) in [7, 11) is -2.43. The number of rotatable bonds is 5. The monoisotopic (exact) mass is 348 g/mol. The maximum atomic E-state index is 12.7. The lowest BCUT2D eigenvalue weighted by atomic mass is 9.94. The van der Waals surface area contributed by atoms with Gasteiger partial charge in [0.1, 0.15) is 0 Å². The Bertz CT molecular complexity index is 850. The van der Waals surface area contributed by atoms with Crippen LogP contribution in [0.5, 0.6) is 0 Å². The van der Waals surface area contributed by atoms with Gasteiger partial charge in [-0.2, -0.15) is 0 Å². The van der Waals surface area contributed by atoms with Crippen molar-refractivity contribution in [2.75, 3.05) is 12.4 Å². The fourth-order valence-corrected chi connectivity index (χ4v) is 3.14. The van der Waals surface area contributed by atoms with Gasteiger partial charge in [0.2, 0.25) is 10.0 Å². The molecule has 2 rings (SSSR count). The van der Waals surface area contributed by atoms with Gasteiger partial charge < -0.3 is 10.1 Å². The SMILES string of the molecule is CO[C@@](C)(C(=O)Nc1ccc(C)c(S(N)(=O)=O)c1)c1ccccc1. The van der Waals surface area contributed by atoms with Crippen molar-refractivity contribution in [3.63, 3.8) is 0 Å². The molecule has 0 aromatic heterocycles. The second-order valence-electron chi connectivity index (χ2n) is 5.58. The number of carbonyl (C=O) groups excluding carboxylic acids is 1. The molecule has 3 N–H and O–H groups in total. The van der Waals surface area contributed by atoms with E-state index in [2.05, 4.69) is 5.32 Å². The summed E-state index contributed by atoms with van der Waals surface area (Å²) >= 11 is 0. The number of sulfonamides is 1. The minimum atomic E-state index is -3.87. The standard InChI is InChI=1S/C17H20N2O4S/c1-12-9-10-14(11-15(12)24(18,21)22)19-16(20)17(2,23-3)13-7-5-4-6-8-13/h4-11H,1-3H3,(H,19,20)(H2,18,21,22)/t17-/m1/s1. The van der Waals surface area contributed by atoms with Crippen molar-refractivity contribution in [3.05, 3.63) is 59.7 Å². The minimum Gasteiger partial charge on any atom is -0.364 e. The Morgan fingerprint density at radius 2 is 1.79 bits per heavy atom. The van der Waals surface area contributed by atoms with Crippen molar-refractivity contribution in [2.24, 2.45) is 5.14 Å². The van der Waals surface area contributed by atoms with Gasteiger partial charge in [0.25, 0.3) is 5.91 Å². The van der Waals surface area contributed by atoms with Crippen molar-refractivity contribution in [1.82, 2.24) is 0 Å². The molecule has 0 aliphatic carbocycles. The summed E-state index contributed by atoms with van der Waals surface area (Å²) in [6.07, 6.45) is 0. The molecule has 0 spiro atoms. The molecule has 0 bridgehead atoms. The maximum absolute atomic E-state index is 12.7. The Morgan fingerprint density at radius 3 is 2.33 bits per heavy atom. The molecule has 0 fully saturated rings. The van der Waals surface area contributed by atoms with E-state index in [1.54, 1.807) is 38.1 Å². The number of carbonyl (C=O) groups is 1. The molecule has 0 radical (unpaired) electrons. The van der Waals surface area contributed by atoms with Crippen LogP contribution in [-0.2, 0) is 25.2 Å². The zero-order valence-corrected chi connectivity index (χ0v) is 14.6. The van der Waals surface area contributed by atoms with E-state index in [1.807, 2.05) is 18.2 Å². The molecule has 0 unspecified atom stereocenters. The van der Waals surface area contributed by atoms with Crippen molar-refractivity contribution in [3.8, 4) is 0 Å². The molecule has 2 aromatic rings. The summed E-state index contributed by atoms with van der Waals surface area (Å²) in [6.45, 7) is 3.28. The third-order valence-electron chi connectivity index (χ3n) is 3.92. The van der Waals surface area contributed by atoms with Crippen LogP contribution >= 0.6 is 0 Å². The average molecular weight is 348 g/mol. The normalized spacial score (nSPS) is 14.0. The number of amides is 1. The Morgan fingerprint density at radius 1 is 1.17 bits per heavy atom. The van der Waals surface area contributed by atoms with Crippen molar-refractivity contribution in [2.45, 2.75) is 24.3 Å². The van der Waals surface area contributed by atoms with E-state index in [4.69, 9.17) is 9.88 Å². The molecule has 24 heavy (non-hydrogen) atoms. The van der Waals surface area contributed by atoms with E-state index in [0.29, 0.717) is 16.8 Å². The number of anilines is 1. The number of primary sulfonamides is 1. The second kappa shape index (κ2) is 6.72. The van der Waals surface area contributed by atoms with E-state index in [9.17, 15) is 13.2 Å². The molecule has 0 heterocycles. The molecular weight excluding hydrogens is 328 g/mol. The van der Waals surface area contributed by atoms with E-state index in [-0.39, 0.29) is 4.90 Å². The number of benzene rings is 2. The van der Waals surface area contributed by atoms with Gasteiger partial charge in [-0.15, -0.1) is 0 Å². The van der Waals surface area contributed by atoms with Crippen molar-refractivity contribution >= 4 is 21.6 Å². The zero-order chi connectivity index (χ0) is 18.0. The number of aryl methyl sites for hydroxylation is 1. The molecule has 1 amide bonds. The lowest BCUT2D eigenvalue weighted by Gasteiger charge is -2.27. The first-order valence-corrected chi connectivity index (χ1v) is 8.78. The Labute approximate surface area is 141 Å². The first-order chi connectivity index (χ1) is 11.2. The molecule has 1 atom stereocenters. The lowest BCUT2D eigenvalue weighted by Crippen LogP contribution is -2.39. The van der Waals surface area contributed by atoms with Crippen molar-refractivity contribution in [1.29, 1.82) is 0 Å². The third-order valence-corrected chi connectivity index (χ3v) is 4.97. The predicted molar refractivity (Wildman–Crippen MR) is 92.0 cm³/mol. The Kier molecular flexibility index (Phi) is 5.08. The Balaban J connectivity index is 2.35. The summed E-state index contributed by atoms with van der Waals surface area (Å²) in [4.78, 5) is 12.7. The first kappa shape index (κ1) is 18.1. The predicted octanol–water partition coefficient (Wildman–Crippen LogP) is 2.14. The van der Waals surface area contributed by atoms with Gasteiger partial charge in [-0.25, -0.2) is 13.6 Å². The molecule has 128 valence electrons. The van der Waals surface area contributed by atoms with E-state index in [0.717, 1.165) is 0 Å². The number of methoxy groups -OCH3 is 1. The van der Waals surface area contributed by atoms with E-state index in [1.165, 1.54) is 13.2 Å². The van der Waals surface area contributed by atoms with E-state index >= 15 is 0 Å². The fourth-order valence-electron chi connectivity index (χ4n) is 2.33. The van der Waals surface area contributed by atoms with Gasteiger partial charge in [-0.1, -0.05) is 36.4 Å². The minimum absolute atomic E-state index is 0.0286. The number of hydrogen-bond acceptors (Lipinski definition) is 4. The summed E-state index contributed by atoms with van der Waals surface area (Å²) in [5.74, 6) is -0.416. The fraction of sp³-hybridized carbons (Fsp3) is 0.235. The topological polar surface area (TPSA) is 98.5 Å². The second-order valence-corrected chi connectivity index (χ2v) is 7.11. The third kappa shape index (κ3) is 3.64. The highest BCUT2D eigenvalue weighted by molar-refractivity contribution is 7.89. The van der Waals surface area contributed by atoms with Crippen molar-refractivity contribution < 1.29 is 17.9 Å². The van der Waals surface area contributed by atoms with Crippen LogP contribution in [0.2, 0.25) is 0 Å².